The van der Waals surface area contributed by atoms with E-state index in [1.807, 2.05) is 4.90 Å². The molecular formula is C16H23N3O. The number of hydrogen-bond donors (Lipinski definition) is 2. The Hall–Kier alpha value is -1.55. The van der Waals surface area contributed by atoms with Gasteiger partial charge in [0.05, 0.1) is 0 Å². The first-order valence-electron chi connectivity index (χ1n) is 7.67. The van der Waals surface area contributed by atoms with Crippen LogP contribution in [0.3, 0.4) is 0 Å². The van der Waals surface area contributed by atoms with Gasteiger partial charge in [-0.2, -0.15) is 0 Å². The molecule has 1 aliphatic heterocycles. The largest absolute Gasteiger partial charge is 0.334 e. The third-order valence-electron chi connectivity index (χ3n) is 4.26. The number of carbonyl (C=O) groups is 1. The summed E-state index contributed by atoms with van der Waals surface area (Å²) in [7, 11) is 0. The van der Waals surface area contributed by atoms with Crippen LogP contribution in [0.2, 0.25) is 0 Å². The number of nitrogens with one attached hydrogen (secondary N) is 2. The van der Waals surface area contributed by atoms with Gasteiger partial charge in [-0.3, -0.25) is 0 Å². The van der Waals surface area contributed by atoms with Gasteiger partial charge < -0.3 is 15.5 Å². The molecule has 0 bridgehead atoms. The average Bonchev–Trinajstić information content (AvgIpc) is 2.53. The van der Waals surface area contributed by atoms with E-state index in [-0.39, 0.29) is 6.03 Å². The second-order valence-corrected chi connectivity index (χ2v) is 5.71. The lowest BCUT2D eigenvalue weighted by Gasteiger charge is -2.27. The molecule has 0 saturated carbocycles. The zero-order valence-electron chi connectivity index (χ0n) is 12.0. The monoisotopic (exact) mass is 273 g/mol. The molecule has 2 aliphatic rings. The summed E-state index contributed by atoms with van der Waals surface area (Å²) in [6.07, 6.45) is 5.01. The Balaban J connectivity index is 1.56. The first-order chi connectivity index (χ1) is 9.83. The van der Waals surface area contributed by atoms with E-state index in [1.165, 1.54) is 42.4 Å². The van der Waals surface area contributed by atoms with Gasteiger partial charge in [-0.15, -0.1) is 0 Å². The number of aryl methyl sites for hydroxylation is 2. The molecule has 2 N–H and O–H groups in total. The standard InChI is InChI=1S/C16H23N3O/c20-16(19-9-7-17-8-10-19)18-12-13-5-6-14-3-1-2-4-15(14)11-13/h5-6,11,17H,1-4,7-10,12H2,(H,18,20). The zero-order valence-corrected chi connectivity index (χ0v) is 12.0. The lowest BCUT2D eigenvalue weighted by molar-refractivity contribution is 0.190. The molecule has 0 unspecified atom stereocenters. The van der Waals surface area contributed by atoms with Crippen molar-refractivity contribution in [2.45, 2.75) is 32.2 Å². The maximum Gasteiger partial charge on any atom is 0.317 e. The van der Waals surface area contributed by atoms with Crippen LogP contribution >= 0.6 is 0 Å². The number of rotatable bonds is 2. The van der Waals surface area contributed by atoms with Crippen LogP contribution in [0.4, 0.5) is 4.79 Å². The Bertz CT molecular complexity index is 481. The second-order valence-electron chi connectivity index (χ2n) is 5.71. The van der Waals surface area contributed by atoms with Crippen LogP contribution in [0, 0.1) is 0 Å². The Labute approximate surface area is 120 Å². The highest BCUT2D eigenvalue weighted by atomic mass is 16.2. The molecule has 4 nitrogen and oxygen atoms in total. The fourth-order valence-corrected chi connectivity index (χ4v) is 3.05. The average molecular weight is 273 g/mol. The summed E-state index contributed by atoms with van der Waals surface area (Å²) in [5.41, 5.74) is 4.19. The summed E-state index contributed by atoms with van der Waals surface area (Å²) < 4.78 is 0. The highest BCUT2D eigenvalue weighted by Gasteiger charge is 2.15. The van der Waals surface area contributed by atoms with Crippen molar-refractivity contribution in [1.82, 2.24) is 15.5 Å². The van der Waals surface area contributed by atoms with Crippen LogP contribution in [0.15, 0.2) is 18.2 Å². The van der Waals surface area contributed by atoms with E-state index in [1.54, 1.807) is 0 Å². The molecule has 1 heterocycles. The summed E-state index contributed by atoms with van der Waals surface area (Å²) >= 11 is 0. The maximum atomic E-state index is 12.0. The van der Waals surface area contributed by atoms with Crippen molar-refractivity contribution in [2.75, 3.05) is 26.2 Å². The van der Waals surface area contributed by atoms with Crippen LogP contribution in [-0.4, -0.2) is 37.1 Å². The van der Waals surface area contributed by atoms with Gasteiger partial charge in [0.15, 0.2) is 0 Å². The molecule has 0 atom stereocenters. The molecule has 1 fully saturated rings. The lowest BCUT2D eigenvalue weighted by atomic mass is 9.90. The summed E-state index contributed by atoms with van der Waals surface area (Å²) in [6.45, 7) is 4.03. The molecule has 1 saturated heterocycles. The van der Waals surface area contributed by atoms with Crippen LogP contribution in [0.1, 0.15) is 29.5 Å². The van der Waals surface area contributed by atoms with Gasteiger partial charge in [-0.25, -0.2) is 4.79 Å². The van der Waals surface area contributed by atoms with Crippen LogP contribution in [0.5, 0.6) is 0 Å². The van der Waals surface area contributed by atoms with E-state index in [0.717, 1.165) is 26.2 Å². The molecular weight excluding hydrogens is 250 g/mol. The van der Waals surface area contributed by atoms with Gasteiger partial charge in [0.1, 0.15) is 0 Å². The second kappa shape index (κ2) is 6.27. The third-order valence-corrected chi connectivity index (χ3v) is 4.26. The highest BCUT2D eigenvalue weighted by Crippen LogP contribution is 2.22. The molecule has 2 amide bonds. The number of fused-ring (bicyclic) bond motifs is 1. The number of piperazine rings is 1. The predicted octanol–water partition coefficient (Wildman–Crippen LogP) is 1.68. The van der Waals surface area contributed by atoms with Gasteiger partial charge in [-0.05, 0) is 42.4 Å². The Kier molecular flexibility index (Phi) is 4.21. The summed E-state index contributed by atoms with van der Waals surface area (Å²) in [5, 5.41) is 6.29. The van der Waals surface area contributed by atoms with Crippen molar-refractivity contribution in [3.05, 3.63) is 34.9 Å². The maximum absolute atomic E-state index is 12.0. The topological polar surface area (TPSA) is 44.4 Å². The Morgan fingerprint density at radius 1 is 1.15 bits per heavy atom. The molecule has 1 aliphatic carbocycles. The van der Waals surface area contributed by atoms with Crippen molar-refractivity contribution in [3.8, 4) is 0 Å². The van der Waals surface area contributed by atoms with Crippen molar-refractivity contribution in [2.24, 2.45) is 0 Å². The minimum atomic E-state index is 0.0595. The van der Waals surface area contributed by atoms with Gasteiger partial charge in [0, 0.05) is 32.7 Å². The lowest BCUT2D eigenvalue weighted by Crippen LogP contribution is -2.50. The van der Waals surface area contributed by atoms with E-state index in [2.05, 4.69) is 28.8 Å². The predicted molar refractivity (Wildman–Crippen MR) is 79.8 cm³/mol. The van der Waals surface area contributed by atoms with Gasteiger partial charge >= 0.3 is 6.03 Å². The number of carbonyl (C=O) groups excluding carboxylic acids is 1. The molecule has 4 heteroatoms. The van der Waals surface area contributed by atoms with E-state index < -0.39 is 0 Å². The van der Waals surface area contributed by atoms with E-state index in [9.17, 15) is 4.79 Å². The molecule has 0 aromatic heterocycles. The Morgan fingerprint density at radius 2 is 1.90 bits per heavy atom. The third kappa shape index (κ3) is 3.12. The minimum absolute atomic E-state index is 0.0595. The summed E-state index contributed by atoms with van der Waals surface area (Å²) in [6, 6.07) is 6.72. The van der Waals surface area contributed by atoms with E-state index in [0.29, 0.717) is 6.54 Å². The highest BCUT2D eigenvalue weighted by molar-refractivity contribution is 5.74. The number of amides is 2. The zero-order chi connectivity index (χ0) is 13.8. The van der Waals surface area contributed by atoms with Crippen LogP contribution < -0.4 is 10.6 Å². The van der Waals surface area contributed by atoms with Crippen molar-refractivity contribution in [3.63, 3.8) is 0 Å². The van der Waals surface area contributed by atoms with Gasteiger partial charge in [-0.1, -0.05) is 18.2 Å². The SMILES string of the molecule is O=C(NCc1ccc2c(c1)CCCC2)N1CCNCC1. The van der Waals surface area contributed by atoms with Crippen molar-refractivity contribution >= 4 is 6.03 Å². The van der Waals surface area contributed by atoms with Crippen molar-refractivity contribution < 1.29 is 4.79 Å². The number of urea groups is 1. The molecule has 0 spiro atoms. The smallest absolute Gasteiger partial charge is 0.317 e. The molecule has 0 radical (unpaired) electrons. The van der Waals surface area contributed by atoms with E-state index >= 15 is 0 Å². The quantitative estimate of drug-likeness (QED) is 0.861. The Morgan fingerprint density at radius 3 is 2.70 bits per heavy atom. The number of hydrogen-bond acceptors (Lipinski definition) is 2. The fourth-order valence-electron chi connectivity index (χ4n) is 3.05. The van der Waals surface area contributed by atoms with Gasteiger partial charge in [0.2, 0.25) is 0 Å². The molecule has 1 aromatic rings. The number of nitrogens with zero attached hydrogens (tertiary/aromatic N) is 1. The molecule has 3 rings (SSSR count). The minimum Gasteiger partial charge on any atom is -0.334 e. The van der Waals surface area contributed by atoms with Crippen molar-refractivity contribution in [1.29, 1.82) is 0 Å². The first kappa shape index (κ1) is 13.4. The first-order valence-corrected chi connectivity index (χ1v) is 7.67. The number of benzene rings is 1. The summed E-state index contributed by atoms with van der Waals surface area (Å²) in [5.74, 6) is 0. The molecule has 108 valence electrons. The summed E-state index contributed by atoms with van der Waals surface area (Å²) in [4.78, 5) is 13.9. The van der Waals surface area contributed by atoms with E-state index in [4.69, 9.17) is 0 Å². The van der Waals surface area contributed by atoms with Crippen LogP contribution in [-0.2, 0) is 19.4 Å². The fraction of sp³-hybridized carbons (Fsp3) is 0.562. The molecule has 20 heavy (non-hydrogen) atoms. The van der Waals surface area contributed by atoms with Crippen LogP contribution in [0.25, 0.3) is 0 Å². The molecule has 1 aromatic carbocycles. The van der Waals surface area contributed by atoms with Gasteiger partial charge in [0.25, 0.3) is 0 Å². The normalized spacial score (nSPS) is 18.5.